The van der Waals surface area contributed by atoms with Crippen molar-refractivity contribution >= 4 is 10.0 Å². The summed E-state index contributed by atoms with van der Waals surface area (Å²) in [6.07, 6.45) is 1.45. The Balaban J connectivity index is 2.28. The fourth-order valence-electron chi connectivity index (χ4n) is 1.10. The lowest BCUT2D eigenvalue weighted by atomic mass is 10.1. The molecule has 1 rings (SSSR count). The summed E-state index contributed by atoms with van der Waals surface area (Å²) in [6.45, 7) is 3.85. The molecule has 1 atom stereocenters. The van der Waals surface area contributed by atoms with E-state index in [1.165, 1.54) is 0 Å². The molecule has 1 fully saturated rings. The van der Waals surface area contributed by atoms with E-state index in [-0.39, 0.29) is 18.2 Å². The lowest BCUT2D eigenvalue weighted by molar-refractivity contribution is 0.129. The molecule has 14 heavy (non-hydrogen) atoms. The van der Waals surface area contributed by atoms with Crippen LogP contribution in [-0.2, 0) is 10.0 Å². The number of aliphatic hydroxyl groups excluding tert-OH is 1. The zero-order chi connectivity index (χ0) is 10.8. The van der Waals surface area contributed by atoms with Gasteiger partial charge in [-0.15, -0.1) is 0 Å². The summed E-state index contributed by atoms with van der Waals surface area (Å²) in [5.74, 6) is 0.653. The summed E-state index contributed by atoms with van der Waals surface area (Å²) < 4.78 is 25.2. The molecule has 0 heterocycles. The first-order chi connectivity index (χ1) is 6.41. The summed E-state index contributed by atoms with van der Waals surface area (Å²) in [6, 6.07) is 0. The molecule has 84 valence electrons. The molecule has 4 nitrogen and oxygen atoms in total. The Bertz CT molecular complexity index is 270. The lowest BCUT2D eigenvalue weighted by Crippen LogP contribution is -2.36. The van der Waals surface area contributed by atoms with Crippen LogP contribution < -0.4 is 4.72 Å². The molecule has 0 aromatic carbocycles. The fraction of sp³-hybridized carbons (Fsp3) is 1.00. The highest BCUT2D eigenvalue weighted by atomic mass is 32.2. The Kier molecular flexibility index (Phi) is 3.92. The normalized spacial score (nSPS) is 20.0. The number of rotatable bonds is 6. The van der Waals surface area contributed by atoms with E-state index in [1.54, 1.807) is 0 Å². The minimum Gasteiger partial charge on any atom is -0.391 e. The maximum absolute atomic E-state index is 11.4. The monoisotopic (exact) mass is 221 g/mol. The van der Waals surface area contributed by atoms with Gasteiger partial charge in [-0.3, -0.25) is 0 Å². The molecule has 0 amide bonds. The van der Waals surface area contributed by atoms with Crippen LogP contribution in [0.2, 0.25) is 0 Å². The summed E-state index contributed by atoms with van der Waals surface area (Å²) in [4.78, 5) is 0. The van der Waals surface area contributed by atoms with Crippen LogP contribution in [0.3, 0.4) is 0 Å². The Morgan fingerprint density at radius 1 is 1.43 bits per heavy atom. The smallest absolute Gasteiger partial charge is 0.211 e. The van der Waals surface area contributed by atoms with Crippen LogP contribution in [0.25, 0.3) is 0 Å². The van der Waals surface area contributed by atoms with Crippen molar-refractivity contribution in [2.75, 3.05) is 12.3 Å². The van der Waals surface area contributed by atoms with E-state index in [4.69, 9.17) is 0 Å². The predicted octanol–water partition coefficient (Wildman–Crippen LogP) is 0.333. The van der Waals surface area contributed by atoms with Crippen molar-refractivity contribution in [3.05, 3.63) is 0 Å². The molecule has 1 aliphatic rings. The summed E-state index contributed by atoms with van der Waals surface area (Å²) in [5.41, 5.74) is 0. The van der Waals surface area contributed by atoms with Gasteiger partial charge in [0.15, 0.2) is 0 Å². The van der Waals surface area contributed by atoms with Crippen LogP contribution in [-0.4, -0.2) is 31.9 Å². The van der Waals surface area contributed by atoms with Crippen LogP contribution in [0.1, 0.15) is 26.7 Å². The maximum atomic E-state index is 11.4. The van der Waals surface area contributed by atoms with Gasteiger partial charge in [0.25, 0.3) is 0 Å². The fourth-order valence-corrected chi connectivity index (χ4v) is 2.60. The zero-order valence-electron chi connectivity index (χ0n) is 8.73. The van der Waals surface area contributed by atoms with Gasteiger partial charge in [0.2, 0.25) is 10.0 Å². The van der Waals surface area contributed by atoms with E-state index in [0.29, 0.717) is 5.92 Å². The Hall–Kier alpha value is -0.130. The summed E-state index contributed by atoms with van der Waals surface area (Å²) >= 11 is 0. The van der Waals surface area contributed by atoms with Gasteiger partial charge in [-0.05, 0) is 24.7 Å². The molecule has 2 N–H and O–H groups in total. The minimum absolute atomic E-state index is 0.0821. The molecule has 0 aliphatic heterocycles. The average Bonchev–Trinajstić information content (AvgIpc) is 2.83. The van der Waals surface area contributed by atoms with Crippen LogP contribution in [0.5, 0.6) is 0 Å². The molecule has 0 saturated heterocycles. The highest BCUT2D eigenvalue weighted by Gasteiger charge is 2.28. The zero-order valence-corrected chi connectivity index (χ0v) is 9.55. The third-order valence-corrected chi connectivity index (χ3v) is 3.95. The number of sulfonamides is 1. The second-order valence-electron chi connectivity index (χ2n) is 4.38. The standard InChI is InChI=1S/C9H19NO3S/c1-7(2)9(11)5-10-14(12,13)6-8-3-4-8/h7-11H,3-6H2,1-2H3. The van der Waals surface area contributed by atoms with Crippen molar-refractivity contribution in [2.45, 2.75) is 32.8 Å². The highest BCUT2D eigenvalue weighted by molar-refractivity contribution is 7.89. The Labute approximate surface area is 85.8 Å². The van der Waals surface area contributed by atoms with Crippen molar-refractivity contribution in [2.24, 2.45) is 11.8 Å². The van der Waals surface area contributed by atoms with E-state index in [0.717, 1.165) is 12.8 Å². The topological polar surface area (TPSA) is 66.4 Å². The first kappa shape index (κ1) is 11.9. The molecule has 0 aromatic heterocycles. The van der Waals surface area contributed by atoms with E-state index < -0.39 is 16.1 Å². The number of aliphatic hydroxyl groups is 1. The molecule has 1 unspecified atom stereocenters. The molecular formula is C9H19NO3S. The van der Waals surface area contributed by atoms with Crippen molar-refractivity contribution in [1.29, 1.82) is 0 Å². The number of hydrogen-bond acceptors (Lipinski definition) is 3. The van der Waals surface area contributed by atoms with Crippen LogP contribution in [0.4, 0.5) is 0 Å². The van der Waals surface area contributed by atoms with Gasteiger partial charge in [0.05, 0.1) is 11.9 Å². The lowest BCUT2D eigenvalue weighted by Gasteiger charge is -2.14. The largest absolute Gasteiger partial charge is 0.391 e. The van der Waals surface area contributed by atoms with E-state index >= 15 is 0 Å². The van der Waals surface area contributed by atoms with Gasteiger partial charge in [-0.2, -0.15) is 0 Å². The molecule has 5 heteroatoms. The number of hydrogen-bond donors (Lipinski definition) is 2. The first-order valence-corrected chi connectivity index (χ1v) is 6.71. The second-order valence-corrected chi connectivity index (χ2v) is 6.24. The van der Waals surface area contributed by atoms with Gasteiger partial charge < -0.3 is 5.11 Å². The maximum Gasteiger partial charge on any atom is 0.211 e. The van der Waals surface area contributed by atoms with Gasteiger partial charge in [-0.25, -0.2) is 13.1 Å². The Morgan fingerprint density at radius 3 is 2.43 bits per heavy atom. The highest BCUT2D eigenvalue weighted by Crippen LogP contribution is 2.29. The van der Waals surface area contributed by atoms with Crippen molar-refractivity contribution in [3.63, 3.8) is 0 Å². The third-order valence-electron chi connectivity index (χ3n) is 2.43. The average molecular weight is 221 g/mol. The van der Waals surface area contributed by atoms with Crippen molar-refractivity contribution in [3.8, 4) is 0 Å². The van der Waals surface area contributed by atoms with E-state index in [9.17, 15) is 13.5 Å². The molecule has 1 aliphatic carbocycles. The summed E-state index contributed by atoms with van der Waals surface area (Å²) in [5, 5.41) is 9.41. The van der Waals surface area contributed by atoms with Gasteiger partial charge >= 0.3 is 0 Å². The molecule has 0 bridgehead atoms. The minimum atomic E-state index is -3.16. The van der Waals surface area contributed by atoms with E-state index in [1.807, 2.05) is 13.8 Å². The second kappa shape index (κ2) is 4.59. The molecule has 0 radical (unpaired) electrons. The van der Waals surface area contributed by atoms with E-state index in [2.05, 4.69) is 4.72 Å². The first-order valence-electron chi connectivity index (χ1n) is 5.06. The third kappa shape index (κ3) is 4.39. The van der Waals surface area contributed by atoms with Crippen LogP contribution >= 0.6 is 0 Å². The van der Waals surface area contributed by atoms with Crippen LogP contribution in [0.15, 0.2) is 0 Å². The van der Waals surface area contributed by atoms with Crippen molar-refractivity contribution < 1.29 is 13.5 Å². The molecule has 1 saturated carbocycles. The molecule has 0 spiro atoms. The Morgan fingerprint density at radius 2 is 2.00 bits per heavy atom. The predicted molar refractivity (Wildman–Crippen MR) is 55.4 cm³/mol. The van der Waals surface area contributed by atoms with Gasteiger partial charge in [-0.1, -0.05) is 13.8 Å². The SMILES string of the molecule is CC(C)C(O)CNS(=O)(=O)CC1CC1. The molecular weight excluding hydrogens is 202 g/mol. The van der Waals surface area contributed by atoms with Gasteiger partial charge in [0, 0.05) is 6.54 Å². The number of nitrogens with one attached hydrogen (secondary N) is 1. The van der Waals surface area contributed by atoms with Crippen molar-refractivity contribution in [1.82, 2.24) is 4.72 Å². The molecule has 0 aromatic rings. The van der Waals surface area contributed by atoms with Crippen LogP contribution in [0, 0.1) is 11.8 Å². The quantitative estimate of drug-likeness (QED) is 0.679. The summed E-state index contributed by atoms with van der Waals surface area (Å²) in [7, 11) is -3.16. The van der Waals surface area contributed by atoms with Gasteiger partial charge in [0.1, 0.15) is 0 Å².